The van der Waals surface area contributed by atoms with Gasteiger partial charge in [-0.15, -0.1) is 0 Å². The number of hydrogen-bond donors (Lipinski definition) is 1. The Morgan fingerprint density at radius 3 is 2.67 bits per heavy atom. The first-order valence-electron chi connectivity index (χ1n) is 7.86. The van der Waals surface area contributed by atoms with Crippen molar-refractivity contribution in [3.63, 3.8) is 0 Å². The molecule has 1 N–H and O–H groups in total. The fraction of sp³-hybridized carbons (Fsp3) is 0.588. The minimum Gasteiger partial charge on any atom is -0.383 e. The Hall–Kier alpha value is -1.39. The molecule has 4 nitrogen and oxygen atoms in total. The monoisotopic (exact) mass is 288 g/mol. The first-order valence-corrected chi connectivity index (χ1v) is 7.86. The number of carbonyl (C=O) groups excluding carboxylic acids is 1. The van der Waals surface area contributed by atoms with E-state index in [1.165, 1.54) is 0 Å². The molecular weight excluding hydrogens is 264 g/mol. The largest absolute Gasteiger partial charge is 0.383 e. The molecule has 1 amide bonds. The number of hydrogen-bond acceptors (Lipinski definition) is 3. The van der Waals surface area contributed by atoms with Crippen molar-refractivity contribution in [3.05, 3.63) is 35.9 Å². The highest BCUT2D eigenvalue weighted by Gasteiger charge is 2.60. The molecule has 0 bridgehead atoms. The topological polar surface area (TPSA) is 41.6 Å². The predicted octanol–water partition coefficient (Wildman–Crippen LogP) is 2.46. The number of nitrogens with zero attached hydrogens (tertiary/aromatic N) is 1. The third-order valence-corrected chi connectivity index (χ3v) is 4.57. The van der Waals surface area contributed by atoms with Crippen LogP contribution in [-0.4, -0.2) is 36.1 Å². The van der Waals surface area contributed by atoms with Gasteiger partial charge in [0.15, 0.2) is 0 Å². The molecular formula is C17H24N2O2. The van der Waals surface area contributed by atoms with Gasteiger partial charge in [-0.1, -0.05) is 43.7 Å². The summed E-state index contributed by atoms with van der Waals surface area (Å²) in [6.45, 7) is 2.75. The van der Waals surface area contributed by atoms with Gasteiger partial charge < -0.3 is 9.64 Å². The van der Waals surface area contributed by atoms with Crippen molar-refractivity contribution in [3.8, 4) is 0 Å². The highest BCUT2D eigenvalue weighted by molar-refractivity contribution is 5.92. The van der Waals surface area contributed by atoms with Crippen LogP contribution in [0.25, 0.3) is 0 Å². The minimum atomic E-state index is -0.291. The van der Waals surface area contributed by atoms with E-state index in [0.29, 0.717) is 6.61 Å². The molecule has 1 aliphatic carbocycles. The SMILES string of the molecule is CCCC(COC)N1C(=O)C2(CC2)NC1c1ccccc1. The van der Waals surface area contributed by atoms with Gasteiger partial charge in [-0.3, -0.25) is 10.1 Å². The van der Waals surface area contributed by atoms with Crippen LogP contribution in [0, 0.1) is 0 Å². The van der Waals surface area contributed by atoms with E-state index in [1.807, 2.05) is 23.1 Å². The molecule has 0 aromatic heterocycles. The van der Waals surface area contributed by atoms with E-state index in [4.69, 9.17) is 4.74 Å². The number of rotatable bonds is 6. The van der Waals surface area contributed by atoms with Gasteiger partial charge in [0.1, 0.15) is 11.7 Å². The molecule has 1 saturated heterocycles. The average Bonchev–Trinajstić information content (AvgIpc) is 3.22. The Morgan fingerprint density at radius 2 is 2.10 bits per heavy atom. The summed E-state index contributed by atoms with van der Waals surface area (Å²) >= 11 is 0. The molecule has 4 heteroatoms. The van der Waals surface area contributed by atoms with E-state index in [2.05, 4.69) is 24.4 Å². The summed E-state index contributed by atoms with van der Waals surface area (Å²) in [5.74, 6) is 0.256. The molecule has 1 spiro atoms. The first kappa shape index (κ1) is 14.5. The van der Waals surface area contributed by atoms with Crippen LogP contribution in [0.4, 0.5) is 0 Å². The minimum absolute atomic E-state index is 0.0205. The Bertz CT molecular complexity index is 493. The van der Waals surface area contributed by atoms with Crippen LogP contribution in [-0.2, 0) is 9.53 Å². The Labute approximate surface area is 126 Å². The van der Waals surface area contributed by atoms with Crippen LogP contribution in [0.5, 0.6) is 0 Å². The second-order valence-electron chi connectivity index (χ2n) is 6.15. The van der Waals surface area contributed by atoms with Crippen molar-refractivity contribution in [1.29, 1.82) is 0 Å². The van der Waals surface area contributed by atoms with Crippen LogP contribution >= 0.6 is 0 Å². The number of amides is 1. The molecule has 2 fully saturated rings. The molecule has 1 aromatic rings. The molecule has 114 valence electrons. The second-order valence-corrected chi connectivity index (χ2v) is 6.15. The zero-order valence-electron chi connectivity index (χ0n) is 12.8. The number of ether oxygens (including phenoxy) is 1. The summed E-state index contributed by atoms with van der Waals surface area (Å²) in [6.07, 6.45) is 3.91. The van der Waals surface area contributed by atoms with Crippen LogP contribution in [0.2, 0.25) is 0 Å². The zero-order valence-corrected chi connectivity index (χ0v) is 12.8. The lowest BCUT2D eigenvalue weighted by Crippen LogP contribution is -2.43. The van der Waals surface area contributed by atoms with E-state index in [-0.39, 0.29) is 23.7 Å². The number of nitrogens with one attached hydrogen (secondary N) is 1. The molecule has 1 heterocycles. The standard InChI is InChI=1S/C17H24N2O2/c1-3-7-14(12-21-2)19-15(13-8-5-4-6-9-13)18-17(10-11-17)16(19)20/h4-6,8-9,14-15,18H,3,7,10-12H2,1-2H3. The molecule has 2 aliphatic rings. The number of methoxy groups -OCH3 is 1. The lowest BCUT2D eigenvalue weighted by molar-refractivity contribution is -0.134. The maximum Gasteiger partial charge on any atom is 0.244 e. The lowest BCUT2D eigenvalue weighted by Gasteiger charge is -2.32. The second kappa shape index (κ2) is 5.78. The van der Waals surface area contributed by atoms with Gasteiger partial charge in [0.05, 0.1) is 12.6 Å². The fourth-order valence-electron chi connectivity index (χ4n) is 3.32. The van der Waals surface area contributed by atoms with Crippen molar-refractivity contribution in [2.75, 3.05) is 13.7 Å². The Kier molecular flexibility index (Phi) is 4.00. The van der Waals surface area contributed by atoms with Gasteiger partial charge in [0.25, 0.3) is 0 Å². The molecule has 0 radical (unpaired) electrons. The highest BCUT2D eigenvalue weighted by Crippen LogP contribution is 2.47. The molecule has 2 atom stereocenters. The third-order valence-electron chi connectivity index (χ3n) is 4.57. The summed E-state index contributed by atoms with van der Waals surface area (Å²) in [7, 11) is 1.71. The van der Waals surface area contributed by atoms with E-state index in [9.17, 15) is 4.79 Å². The normalized spacial score (nSPS) is 24.6. The summed E-state index contributed by atoms with van der Waals surface area (Å²) < 4.78 is 5.37. The van der Waals surface area contributed by atoms with Crippen molar-refractivity contribution in [2.24, 2.45) is 0 Å². The molecule has 3 rings (SSSR count). The van der Waals surface area contributed by atoms with Crippen molar-refractivity contribution >= 4 is 5.91 Å². The maximum absolute atomic E-state index is 12.9. The molecule has 1 aliphatic heterocycles. The molecule has 21 heavy (non-hydrogen) atoms. The van der Waals surface area contributed by atoms with E-state index < -0.39 is 0 Å². The van der Waals surface area contributed by atoms with Crippen LogP contribution in [0.3, 0.4) is 0 Å². The van der Waals surface area contributed by atoms with Gasteiger partial charge in [0, 0.05) is 7.11 Å². The summed E-state index contributed by atoms with van der Waals surface area (Å²) in [4.78, 5) is 14.9. The van der Waals surface area contributed by atoms with Gasteiger partial charge >= 0.3 is 0 Å². The number of benzene rings is 1. The van der Waals surface area contributed by atoms with Gasteiger partial charge in [-0.05, 0) is 24.8 Å². The molecule has 2 unspecified atom stereocenters. The third kappa shape index (κ3) is 2.58. The first-order chi connectivity index (χ1) is 10.2. The smallest absolute Gasteiger partial charge is 0.244 e. The average molecular weight is 288 g/mol. The molecule has 1 aromatic carbocycles. The van der Waals surface area contributed by atoms with Gasteiger partial charge in [0.2, 0.25) is 5.91 Å². The van der Waals surface area contributed by atoms with Gasteiger partial charge in [-0.25, -0.2) is 0 Å². The maximum atomic E-state index is 12.9. The van der Waals surface area contributed by atoms with E-state index >= 15 is 0 Å². The fourth-order valence-corrected chi connectivity index (χ4v) is 3.32. The number of carbonyl (C=O) groups is 1. The predicted molar refractivity (Wildman–Crippen MR) is 81.7 cm³/mol. The Morgan fingerprint density at radius 1 is 1.38 bits per heavy atom. The van der Waals surface area contributed by atoms with Crippen LogP contribution in [0.15, 0.2) is 30.3 Å². The quantitative estimate of drug-likeness (QED) is 0.874. The summed E-state index contributed by atoms with van der Waals surface area (Å²) in [5, 5.41) is 3.58. The van der Waals surface area contributed by atoms with Crippen molar-refractivity contribution in [1.82, 2.24) is 10.2 Å². The van der Waals surface area contributed by atoms with Crippen molar-refractivity contribution in [2.45, 2.75) is 50.4 Å². The highest BCUT2D eigenvalue weighted by atomic mass is 16.5. The molecule has 1 saturated carbocycles. The summed E-state index contributed by atoms with van der Waals surface area (Å²) in [6, 6.07) is 10.4. The van der Waals surface area contributed by atoms with Gasteiger partial charge in [-0.2, -0.15) is 0 Å². The Balaban J connectivity index is 1.91. The summed E-state index contributed by atoms with van der Waals surface area (Å²) in [5.41, 5.74) is 0.868. The van der Waals surface area contributed by atoms with E-state index in [1.54, 1.807) is 7.11 Å². The van der Waals surface area contributed by atoms with Crippen LogP contribution in [0.1, 0.15) is 44.3 Å². The zero-order chi connectivity index (χ0) is 14.9. The lowest BCUT2D eigenvalue weighted by atomic mass is 10.1. The van der Waals surface area contributed by atoms with E-state index in [0.717, 1.165) is 31.2 Å². The van der Waals surface area contributed by atoms with Crippen LogP contribution < -0.4 is 5.32 Å². The van der Waals surface area contributed by atoms with Crippen molar-refractivity contribution < 1.29 is 9.53 Å².